The molecule has 0 aliphatic rings. The van der Waals surface area contributed by atoms with Gasteiger partial charge in [0.15, 0.2) is 4.67 Å². The van der Waals surface area contributed by atoms with Crippen LogP contribution in [-0.2, 0) is 4.79 Å². The Bertz CT molecular complexity index is 184. The van der Waals surface area contributed by atoms with E-state index in [1.165, 1.54) is 4.90 Å². The molecule has 0 atom stereocenters. The zero-order valence-electron chi connectivity index (χ0n) is 6.45. The van der Waals surface area contributed by atoms with E-state index in [0.29, 0.717) is 0 Å². The second-order valence-corrected chi connectivity index (χ2v) is 2.77. The summed E-state index contributed by atoms with van der Waals surface area (Å²) in [5.41, 5.74) is 0. The van der Waals surface area contributed by atoms with Crippen molar-refractivity contribution in [2.24, 2.45) is 0 Å². The maximum absolute atomic E-state index is 9.43. The minimum atomic E-state index is 0.750. The lowest BCUT2D eigenvalue weighted by Crippen LogP contribution is -2.06. The zero-order valence-corrected chi connectivity index (χ0v) is 8.04. The highest BCUT2D eigenvalue weighted by Crippen LogP contribution is 2.06. The van der Waals surface area contributed by atoms with Gasteiger partial charge >= 0.3 is 0 Å². The van der Waals surface area contributed by atoms with Crippen LogP contribution in [0.25, 0.3) is 0 Å². The van der Waals surface area contributed by atoms with E-state index in [0.717, 1.165) is 11.1 Å². The lowest BCUT2D eigenvalue weighted by atomic mass is 10.7. The molecule has 1 heterocycles. The average molecular weight is 220 g/mol. The standard InChI is InChI=1S/C4H3BrO.C3H7NO/c5-4-2-1-3-6-4;1-4(2)3-5/h1-3H;3H,1-2H3. The Morgan fingerprint density at radius 1 is 1.64 bits per heavy atom. The number of furan rings is 1. The van der Waals surface area contributed by atoms with Gasteiger partial charge in [-0.25, -0.2) is 0 Å². The number of hydrogen-bond acceptors (Lipinski definition) is 2. The smallest absolute Gasteiger partial charge is 0.209 e. The van der Waals surface area contributed by atoms with Crippen molar-refractivity contribution in [3.05, 3.63) is 23.1 Å². The predicted molar refractivity (Wildman–Crippen MR) is 46.2 cm³/mol. The van der Waals surface area contributed by atoms with Gasteiger partial charge in [0.2, 0.25) is 6.41 Å². The van der Waals surface area contributed by atoms with Crippen LogP contribution in [0.3, 0.4) is 0 Å². The summed E-state index contributed by atoms with van der Waals surface area (Å²) in [5, 5.41) is 0. The summed E-state index contributed by atoms with van der Waals surface area (Å²) < 4.78 is 5.53. The Kier molecular flexibility index (Phi) is 5.56. The van der Waals surface area contributed by atoms with Crippen molar-refractivity contribution < 1.29 is 9.21 Å². The molecule has 0 fully saturated rings. The minimum absolute atomic E-state index is 0.750. The first-order valence-corrected chi connectivity index (χ1v) is 3.77. The Hall–Kier alpha value is -0.770. The van der Waals surface area contributed by atoms with Crippen LogP contribution in [-0.4, -0.2) is 25.4 Å². The van der Waals surface area contributed by atoms with E-state index in [4.69, 9.17) is 4.42 Å². The second kappa shape index (κ2) is 5.97. The van der Waals surface area contributed by atoms with Crippen LogP contribution in [0.2, 0.25) is 0 Å². The number of nitrogens with zero attached hydrogens (tertiary/aromatic N) is 1. The minimum Gasteiger partial charge on any atom is -0.458 e. The van der Waals surface area contributed by atoms with Crippen LogP contribution in [0.1, 0.15) is 0 Å². The molecule has 0 saturated heterocycles. The van der Waals surface area contributed by atoms with Gasteiger partial charge in [-0.1, -0.05) is 0 Å². The Balaban J connectivity index is 0.000000187. The van der Waals surface area contributed by atoms with E-state index in [2.05, 4.69) is 15.9 Å². The molecule has 0 radical (unpaired) electrons. The van der Waals surface area contributed by atoms with Gasteiger partial charge in [-0.3, -0.25) is 4.79 Å². The van der Waals surface area contributed by atoms with Crippen molar-refractivity contribution in [1.29, 1.82) is 0 Å². The monoisotopic (exact) mass is 219 g/mol. The summed E-state index contributed by atoms with van der Waals surface area (Å²) in [5.74, 6) is 0. The third kappa shape index (κ3) is 7.12. The van der Waals surface area contributed by atoms with E-state index in [9.17, 15) is 4.79 Å². The van der Waals surface area contributed by atoms with Crippen LogP contribution in [0.15, 0.2) is 27.5 Å². The van der Waals surface area contributed by atoms with Crippen LogP contribution < -0.4 is 0 Å². The van der Waals surface area contributed by atoms with Gasteiger partial charge in [-0.05, 0) is 28.1 Å². The van der Waals surface area contributed by atoms with E-state index in [1.54, 1.807) is 20.4 Å². The molecular weight excluding hydrogens is 210 g/mol. The van der Waals surface area contributed by atoms with E-state index in [-0.39, 0.29) is 0 Å². The lowest BCUT2D eigenvalue weighted by Gasteiger charge is -1.93. The first kappa shape index (κ1) is 10.2. The summed E-state index contributed by atoms with van der Waals surface area (Å²) in [6, 6.07) is 3.66. The summed E-state index contributed by atoms with van der Waals surface area (Å²) in [7, 11) is 3.38. The van der Waals surface area contributed by atoms with Crippen LogP contribution in [0.5, 0.6) is 0 Å². The SMILES string of the molecule is Brc1ccco1.CN(C)C=O. The molecule has 0 unspecified atom stereocenters. The molecule has 0 saturated carbocycles. The van der Waals surface area contributed by atoms with Gasteiger partial charge in [0.1, 0.15) is 0 Å². The molecule has 0 N–H and O–H groups in total. The second-order valence-electron chi connectivity index (χ2n) is 1.99. The number of rotatable bonds is 1. The van der Waals surface area contributed by atoms with E-state index >= 15 is 0 Å². The number of carbonyl (C=O) groups excluding carboxylic acids is 1. The largest absolute Gasteiger partial charge is 0.458 e. The quantitative estimate of drug-likeness (QED) is 0.675. The molecule has 1 aromatic rings. The molecule has 0 aliphatic heterocycles. The fraction of sp³-hybridized carbons (Fsp3) is 0.286. The number of carbonyl (C=O) groups is 1. The van der Waals surface area contributed by atoms with Crippen LogP contribution in [0.4, 0.5) is 0 Å². The maximum atomic E-state index is 9.43. The molecule has 0 spiro atoms. The lowest BCUT2D eigenvalue weighted by molar-refractivity contribution is -0.115. The molecule has 1 aromatic heterocycles. The summed E-state index contributed by atoms with van der Waals surface area (Å²) >= 11 is 3.11. The van der Waals surface area contributed by atoms with Crippen molar-refractivity contribution in [2.75, 3.05) is 14.1 Å². The highest BCUT2D eigenvalue weighted by Gasteiger charge is 1.78. The van der Waals surface area contributed by atoms with Gasteiger partial charge in [0, 0.05) is 14.1 Å². The number of hydrogen-bond donors (Lipinski definition) is 0. The fourth-order valence-corrected chi connectivity index (χ4v) is 0.519. The number of amides is 1. The molecule has 1 amide bonds. The molecule has 11 heavy (non-hydrogen) atoms. The Morgan fingerprint density at radius 3 is 2.27 bits per heavy atom. The molecule has 3 nitrogen and oxygen atoms in total. The zero-order chi connectivity index (χ0) is 8.69. The van der Waals surface area contributed by atoms with Gasteiger partial charge in [-0.2, -0.15) is 0 Å². The normalized spacial score (nSPS) is 7.91. The first-order chi connectivity index (χ1) is 5.16. The highest BCUT2D eigenvalue weighted by molar-refractivity contribution is 9.10. The molecule has 0 aliphatic carbocycles. The summed E-state index contributed by atoms with van der Waals surface area (Å²) in [4.78, 5) is 10.9. The highest BCUT2D eigenvalue weighted by atomic mass is 79.9. The molecule has 1 rings (SSSR count). The van der Waals surface area contributed by atoms with Crippen molar-refractivity contribution in [3.8, 4) is 0 Å². The average Bonchev–Trinajstić information content (AvgIpc) is 2.41. The van der Waals surface area contributed by atoms with Crippen LogP contribution >= 0.6 is 15.9 Å². The van der Waals surface area contributed by atoms with Gasteiger partial charge in [0.25, 0.3) is 0 Å². The van der Waals surface area contributed by atoms with Gasteiger partial charge < -0.3 is 9.32 Å². The Labute approximate surface area is 74.1 Å². The van der Waals surface area contributed by atoms with Crippen molar-refractivity contribution in [1.82, 2.24) is 4.90 Å². The fourth-order valence-electron chi connectivity index (χ4n) is 0.259. The first-order valence-electron chi connectivity index (χ1n) is 2.97. The topological polar surface area (TPSA) is 33.5 Å². The number of halogens is 1. The molecule has 62 valence electrons. The maximum Gasteiger partial charge on any atom is 0.209 e. The van der Waals surface area contributed by atoms with E-state index in [1.807, 2.05) is 12.1 Å². The summed E-state index contributed by atoms with van der Waals surface area (Å²) in [6.07, 6.45) is 2.37. The molecule has 0 bridgehead atoms. The molecule has 0 aromatic carbocycles. The molecule has 4 heteroatoms. The van der Waals surface area contributed by atoms with Crippen molar-refractivity contribution in [2.45, 2.75) is 0 Å². The predicted octanol–water partition coefficient (Wildman–Crippen LogP) is 1.75. The van der Waals surface area contributed by atoms with Crippen LogP contribution in [0, 0.1) is 0 Å². The van der Waals surface area contributed by atoms with Gasteiger partial charge in [-0.15, -0.1) is 0 Å². The molecular formula is C7H10BrNO2. The summed E-state index contributed by atoms with van der Waals surface area (Å²) in [6.45, 7) is 0. The third-order valence-corrected chi connectivity index (χ3v) is 1.15. The van der Waals surface area contributed by atoms with Gasteiger partial charge in [0.05, 0.1) is 6.26 Å². The third-order valence-electron chi connectivity index (χ3n) is 0.697. The van der Waals surface area contributed by atoms with Crippen molar-refractivity contribution >= 4 is 22.3 Å². The van der Waals surface area contributed by atoms with E-state index < -0.39 is 0 Å². The van der Waals surface area contributed by atoms with Crippen molar-refractivity contribution in [3.63, 3.8) is 0 Å². The Morgan fingerprint density at radius 2 is 2.18 bits per heavy atom.